The van der Waals surface area contributed by atoms with Crippen molar-refractivity contribution in [2.45, 2.75) is 37.3 Å². The zero-order valence-electron chi connectivity index (χ0n) is 11.9. The Morgan fingerprint density at radius 3 is 2.95 bits per heavy atom. The van der Waals surface area contributed by atoms with Crippen LogP contribution in [0.3, 0.4) is 0 Å². The highest BCUT2D eigenvalue weighted by molar-refractivity contribution is 5.25. The van der Waals surface area contributed by atoms with Gasteiger partial charge in [0.25, 0.3) is 0 Å². The van der Waals surface area contributed by atoms with Gasteiger partial charge in [0.2, 0.25) is 0 Å². The van der Waals surface area contributed by atoms with Gasteiger partial charge in [-0.05, 0) is 43.4 Å². The lowest BCUT2D eigenvalue weighted by molar-refractivity contribution is -0.109. The molecular weight excluding hydrogens is 257 g/mol. The van der Waals surface area contributed by atoms with Crippen molar-refractivity contribution in [3.8, 4) is 0 Å². The highest BCUT2D eigenvalue weighted by Crippen LogP contribution is 2.42. The van der Waals surface area contributed by atoms with Crippen LogP contribution in [-0.2, 0) is 15.0 Å². The van der Waals surface area contributed by atoms with Crippen LogP contribution >= 0.6 is 0 Å². The van der Waals surface area contributed by atoms with Gasteiger partial charge in [-0.2, -0.15) is 0 Å². The van der Waals surface area contributed by atoms with Gasteiger partial charge in [-0.15, -0.1) is 0 Å². The molecule has 2 aliphatic rings. The molecule has 2 fully saturated rings. The molecule has 0 bridgehead atoms. The number of nitrogens with two attached hydrogens (primary N) is 1. The maximum atomic E-state index is 13.5. The molecule has 1 spiro atoms. The topological polar surface area (TPSA) is 44.5 Å². The SMILES string of the molecule is CC(N)(c1cccc(F)c1)C1CCOC2(CCOC2)C1. The molecule has 1 aromatic rings. The van der Waals surface area contributed by atoms with Crippen molar-refractivity contribution < 1.29 is 13.9 Å². The summed E-state index contributed by atoms with van der Waals surface area (Å²) < 4.78 is 24.9. The first-order chi connectivity index (χ1) is 9.52. The van der Waals surface area contributed by atoms with Crippen molar-refractivity contribution in [1.82, 2.24) is 0 Å². The average molecular weight is 279 g/mol. The molecule has 3 nitrogen and oxygen atoms in total. The smallest absolute Gasteiger partial charge is 0.123 e. The summed E-state index contributed by atoms with van der Waals surface area (Å²) in [6.07, 6.45) is 2.73. The highest BCUT2D eigenvalue weighted by Gasteiger charge is 2.45. The van der Waals surface area contributed by atoms with Gasteiger partial charge < -0.3 is 15.2 Å². The van der Waals surface area contributed by atoms with E-state index in [2.05, 4.69) is 0 Å². The van der Waals surface area contributed by atoms with Crippen LogP contribution in [0.5, 0.6) is 0 Å². The first kappa shape index (κ1) is 14.0. The second kappa shape index (κ2) is 5.10. The van der Waals surface area contributed by atoms with E-state index in [4.69, 9.17) is 15.2 Å². The lowest BCUT2D eigenvalue weighted by Crippen LogP contribution is -2.50. The molecule has 2 saturated heterocycles. The summed E-state index contributed by atoms with van der Waals surface area (Å²) in [5, 5.41) is 0. The second-order valence-electron chi connectivity index (χ2n) is 6.32. The molecule has 0 amide bonds. The Hall–Kier alpha value is -0.970. The fourth-order valence-electron chi connectivity index (χ4n) is 3.46. The predicted octanol–water partition coefficient (Wildman–Crippen LogP) is 2.59. The number of ether oxygens (including phenoxy) is 2. The third kappa shape index (κ3) is 2.48. The van der Waals surface area contributed by atoms with E-state index in [0.29, 0.717) is 13.2 Å². The van der Waals surface area contributed by atoms with Crippen molar-refractivity contribution >= 4 is 0 Å². The first-order valence-corrected chi connectivity index (χ1v) is 7.29. The molecule has 2 heterocycles. The van der Waals surface area contributed by atoms with E-state index in [9.17, 15) is 4.39 Å². The minimum atomic E-state index is -0.540. The van der Waals surface area contributed by atoms with E-state index >= 15 is 0 Å². The van der Waals surface area contributed by atoms with E-state index in [1.165, 1.54) is 6.07 Å². The van der Waals surface area contributed by atoms with Crippen LogP contribution in [0.4, 0.5) is 4.39 Å². The van der Waals surface area contributed by atoms with Crippen LogP contribution < -0.4 is 5.73 Å². The summed E-state index contributed by atoms with van der Waals surface area (Å²) in [4.78, 5) is 0. The largest absolute Gasteiger partial charge is 0.378 e. The number of rotatable bonds is 2. The Bertz CT molecular complexity index is 483. The molecule has 1 aromatic carbocycles. The average Bonchev–Trinajstić information content (AvgIpc) is 2.87. The summed E-state index contributed by atoms with van der Waals surface area (Å²) >= 11 is 0. The third-order valence-electron chi connectivity index (χ3n) is 4.85. The molecule has 20 heavy (non-hydrogen) atoms. The maximum absolute atomic E-state index is 13.5. The Labute approximate surface area is 119 Å². The van der Waals surface area contributed by atoms with Crippen LogP contribution in [0.15, 0.2) is 24.3 Å². The fraction of sp³-hybridized carbons (Fsp3) is 0.625. The molecular formula is C16H22FNO2. The summed E-state index contributed by atoms with van der Waals surface area (Å²) in [6.45, 7) is 4.12. The predicted molar refractivity (Wildman–Crippen MR) is 74.8 cm³/mol. The maximum Gasteiger partial charge on any atom is 0.123 e. The lowest BCUT2D eigenvalue weighted by atomic mass is 9.71. The zero-order chi connectivity index (χ0) is 14.2. The summed E-state index contributed by atoms with van der Waals surface area (Å²) in [6, 6.07) is 6.64. The molecule has 0 saturated carbocycles. The van der Waals surface area contributed by atoms with E-state index in [1.54, 1.807) is 12.1 Å². The number of halogens is 1. The Morgan fingerprint density at radius 2 is 2.25 bits per heavy atom. The molecule has 110 valence electrons. The zero-order valence-corrected chi connectivity index (χ0v) is 11.9. The molecule has 2 aliphatic heterocycles. The van der Waals surface area contributed by atoms with Gasteiger partial charge >= 0.3 is 0 Å². The van der Waals surface area contributed by atoms with Crippen LogP contribution in [0.25, 0.3) is 0 Å². The molecule has 0 aromatic heterocycles. The molecule has 0 radical (unpaired) electrons. The monoisotopic (exact) mass is 279 g/mol. The highest BCUT2D eigenvalue weighted by atomic mass is 19.1. The van der Waals surface area contributed by atoms with Gasteiger partial charge in [0.1, 0.15) is 5.82 Å². The van der Waals surface area contributed by atoms with Crippen LogP contribution in [0, 0.1) is 11.7 Å². The van der Waals surface area contributed by atoms with Gasteiger partial charge in [0.05, 0.1) is 12.2 Å². The van der Waals surface area contributed by atoms with E-state index in [1.807, 2.05) is 13.0 Å². The Balaban J connectivity index is 1.83. The van der Waals surface area contributed by atoms with Crippen molar-refractivity contribution in [3.05, 3.63) is 35.6 Å². The van der Waals surface area contributed by atoms with E-state index in [0.717, 1.165) is 31.4 Å². The van der Waals surface area contributed by atoms with Crippen molar-refractivity contribution in [3.63, 3.8) is 0 Å². The molecule has 3 atom stereocenters. The summed E-state index contributed by atoms with van der Waals surface area (Å²) in [5.41, 5.74) is 6.72. The molecule has 0 aliphatic carbocycles. The second-order valence-corrected chi connectivity index (χ2v) is 6.32. The van der Waals surface area contributed by atoms with Crippen molar-refractivity contribution in [1.29, 1.82) is 0 Å². The Morgan fingerprint density at radius 1 is 1.40 bits per heavy atom. The molecule has 3 rings (SSSR count). The van der Waals surface area contributed by atoms with Crippen molar-refractivity contribution in [2.24, 2.45) is 11.7 Å². The minimum Gasteiger partial charge on any atom is -0.378 e. The molecule has 4 heteroatoms. The standard InChI is InChI=1S/C16H22FNO2/c1-15(18,12-3-2-4-14(17)9-12)13-5-7-20-16(10-13)6-8-19-11-16/h2-4,9,13H,5-8,10-11,18H2,1H3. The third-order valence-corrected chi connectivity index (χ3v) is 4.85. The van der Waals surface area contributed by atoms with Gasteiger partial charge in [0.15, 0.2) is 0 Å². The number of hydrogen-bond acceptors (Lipinski definition) is 3. The quantitative estimate of drug-likeness (QED) is 0.905. The van der Waals surface area contributed by atoms with Gasteiger partial charge in [0, 0.05) is 25.2 Å². The van der Waals surface area contributed by atoms with Gasteiger partial charge in [-0.25, -0.2) is 4.39 Å². The summed E-state index contributed by atoms with van der Waals surface area (Å²) in [5.74, 6) is 0.0462. The first-order valence-electron chi connectivity index (χ1n) is 7.29. The Kier molecular flexibility index (Phi) is 3.56. The fourth-order valence-corrected chi connectivity index (χ4v) is 3.46. The van der Waals surface area contributed by atoms with Gasteiger partial charge in [-0.1, -0.05) is 12.1 Å². The van der Waals surface area contributed by atoms with Crippen LogP contribution in [0.1, 0.15) is 31.7 Å². The van der Waals surface area contributed by atoms with Gasteiger partial charge in [-0.3, -0.25) is 0 Å². The van der Waals surface area contributed by atoms with Crippen LogP contribution in [-0.4, -0.2) is 25.4 Å². The minimum absolute atomic E-state index is 0.170. The number of hydrogen-bond donors (Lipinski definition) is 1. The van der Waals surface area contributed by atoms with Crippen molar-refractivity contribution in [2.75, 3.05) is 19.8 Å². The number of benzene rings is 1. The van der Waals surface area contributed by atoms with E-state index in [-0.39, 0.29) is 17.3 Å². The summed E-state index contributed by atoms with van der Waals surface area (Å²) in [7, 11) is 0. The molecule has 2 N–H and O–H groups in total. The normalized spacial score (nSPS) is 33.2. The molecule has 3 unspecified atom stereocenters. The van der Waals surface area contributed by atoms with Crippen LogP contribution in [0.2, 0.25) is 0 Å². The lowest BCUT2D eigenvalue weighted by Gasteiger charge is -2.44. The van der Waals surface area contributed by atoms with E-state index < -0.39 is 5.54 Å².